The van der Waals surface area contributed by atoms with Gasteiger partial charge in [-0.1, -0.05) is 29.6 Å². The Morgan fingerprint density at radius 3 is 2.94 bits per heavy atom. The first-order valence-electron chi connectivity index (χ1n) is 11.1. The van der Waals surface area contributed by atoms with E-state index in [1.807, 2.05) is 29.2 Å². The van der Waals surface area contributed by atoms with Gasteiger partial charge in [0.1, 0.15) is 18.6 Å². The van der Waals surface area contributed by atoms with Crippen molar-refractivity contribution in [2.45, 2.75) is 58.3 Å². The summed E-state index contributed by atoms with van der Waals surface area (Å²) in [6.07, 6.45) is 9.50. The Bertz CT molecular complexity index is 1280. The van der Waals surface area contributed by atoms with Gasteiger partial charge in [0.15, 0.2) is 0 Å². The molecule has 0 unspecified atom stereocenters. The summed E-state index contributed by atoms with van der Waals surface area (Å²) < 4.78 is 15.4. The van der Waals surface area contributed by atoms with Crippen molar-refractivity contribution in [3.05, 3.63) is 52.9 Å². The Morgan fingerprint density at radius 1 is 1.22 bits per heavy atom. The minimum absolute atomic E-state index is 0.297. The molecule has 1 fully saturated rings. The van der Waals surface area contributed by atoms with Crippen LogP contribution in [0.1, 0.15) is 49.8 Å². The molecule has 9 heteroatoms. The summed E-state index contributed by atoms with van der Waals surface area (Å²) in [6, 6.07) is 5.85. The van der Waals surface area contributed by atoms with Crippen molar-refractivity contribution in [2.75, 3.05) is 0 Å². The summed E-state index contributed by atoms with van der Waals surface area (Å²) in [6.45, 7) is 3.21. The number of fused-ring (bicyclic) bond motifs is 5. The number of rotatable bonds is 5. The normalized spacial score (nSPS) is 15.4. The third-order valence-electron chi connectivity index (χ3n) is 6.28. The van der Waals surface area contributed by atoms with Crippen molar-refractivity contribution in [3.63, 3.8) is 0 Å². The van der Waals surface area contributed by atoms with E-state index in [9.17, 15) is 0 Å². The summed E-state index contributed by atoms with van der Waals surface area (Å²) in [5.41, 5.74) is 5.73. The second kappa shape index (κ2) is 7.86. The van der Waals surface area contributed by atoms with Gasteiger partial charge in [-0.3, -0.25) is 4.68 Å². The monoisotopic (exact) mass is 450 g/mol. The van der Waals surface area contributed by atoms with Crippen LogP contribution in [0.4, 0.5) is 0 Å². The number of imidazole rings is 1. The van der Waals surface area contributed by atoms with Crippen LogP contribution in [0.2, 0.25) is 5.02 Å². The molecule has 0 bridgehead atoms. The molecule has 0 atom stereocenters. The lowest BCUT2D eigenvalue weighted by atomic mass is 10.0. The number of hydrogen-bond acceptors (Lipinski definition) is 6. The third-order valence-corrected chi connectivity index (χ3v) is 6.52. The van der Waals surface area contributed by atoms with Crippen molar-refractivity contribution in [3.8, 4) is 28.5 Å². The molecule has 1 aliphatic heterocycles. The van der Waals surface area contributed by atoms with Gasteiger partial charge in [-0.2, -0.15) is 10.1 Å². The van der Waals surface area contributed by atoms with Gasteiger partial charge in [0.05, 0.1) is 23.2 Å². The highest BCUT2D eigenvalue weighted by atomic mass is 35.5. The SMILES string of the molecule is CCn1cc2c(n1)-c1cc(Cl)ccc1-n1cnc(-c3noc(COC4CCCC4)n3)c1C2. The zero-order valence-corrected chi connectivity index (χ0v) is 18.5. The third kappa shape index (κ3) is 3.34. The molecule has 4 heterocycles. The zero-order valence-electron chi connectivity index (χ0n) is 17.8. The first-order valence-corrected chi connectivity index (χ1v) is 11.4. The molecule has 4 aromatic rings. The Hall–Kier alpha value is -2.97. The number of benzene rings is 1. The first-order chi connectivity index (χ1) is 15.7. The molecule has 0 spiro atoms. The van der Waals surface area contributed by atoms with Gasteiger partial charge in [0, 0.05) is 35.3 Å². The molecular formula is C23H23ClN6O2. The van der Waals surface area contributed by atoms with Crippen molar-refractivity contribution in [2.24, 2.45) is 0 Å². The summed E-state index contributed by atoms with van der Waals surface area (Å²) in [5, 5.41) is 9.68. The summed E-state index contributed by atoms with van der Waals surface area (Å²) >= 11 is 6.34. The molecule has 0 saturated heterocycles. The second-order valence-electron chi connectivity index (χ2n) is 8.34. The van der Waals surface area contributed by atoms with Gasteiger partial charge in [0.25, 0.3) is 5.89 Å². The average molecular weight is 451 g/mol. The number of hydrogen-bond donors (Lipinski definition) is 0. The number of aromatic nitrogens is 6. The van der Waals surface area contributed by atoms with Crippen LogP contribution in [0, 0.1) is 0 Å². The van der Waals surface area contributed by atoms with Crippen LogP contribution in [0.25, 0.3) is 28.5 Å². The van der Waals surface area contributed by atoms with Gasteiger partial charge >= 0.3 is 0 Å². The second-order valence-corrected chi connectivity index (χ2v) is 8.77. The van der Waals surface area contributed by atoms with Crippen LogP contribution in [-0.4, -0.2) is 35.6 Å². The van der Waals surface area contributed by atoms with E-state index in [4.69, 9.17) is 26.0 Å². The van der Waals surface area contributed by atoms with Gasteiger partial charge in [-0.05, 0) is 38.0 Å². The van der Waals surface area contributed by atoms with Crippen LogP contribution >= 0.6 is 11.6 Å². The van der Waals surface area contributed by atoms with Crippen molar-refractivity contribution in [1.82, 2.24) is 29.5 Å². The Labute approximate surface area is 190 Å². The fraction of sp³-hybridized carbons (Fsp3) is 0.391. The van der Waals surface area contributed by atoms with E-state index in [0.29, 0.717) is 41.6 Å². The van der Waals surface area contributed by atoms with Gasteiger partial charge in [-0.15, -0.1) is 0 Å². The smallest absolute Gasteiger partial charge is 0.253 e. The predicted octanol–water partition coefficient (Wildman–Crippen LogP) is 4.82. The van der Waals surface area contributed by atoms with E-state index in [-0.39, 0.29) is 0 Å². The first kappa shape index (κ1) is 19.7. The highest BCUT2D eigenvalue weighted by Gasteiger charge is 2.27. The molecule has 0 amide bonds. The van der Waals surface area contributed by atoms with Crippen LogP contribution in [0.5, 0.6) is 0 Å². The van der Waals surface area contributed by atoms with Gasteiger partial charge < -0.3 is 13.8 Å². The highest BCUT2D eigenvalue weighted by molar-refractivity contribution is 6.31. The zero-order chi connectivity index (χ0) is 21.7. The lowest BCUT2D eigenvalue weighted by Gasteiger charge is -2.10. The fourth-order valence-electron chi connectivity index (χ4n) is 4.66. The van der Waals surface area contributed by atoms with E-state index < -0.39 is 0 Å². The lowest BCUT2D eigenvalue weighted by molar-refractivity contribution is 0.0305. The molecule has 2 aliphatic rings. The average Bonchev–Trinajstić information content (AvgIpc) is 3.59. The molecule has 1 aromatic carbocycles. The molecular weight excluding hydrogens is 428 g/mol. The molecule has 164 valence electrons. The maximum absolute atomic E-state index is 6.34. The van der Waals surface area contributed by atoms with E-state index >= 15 is 0 Å². The number of ether oxygens (including phenoxy) is 1. The maximum Gasteiger partial charge on any atom is 0.253 e. The van der Waals surface area contributed by atoms with Gasteiger partial charge in [-0.25, -0.2) is 4.98 Å². The quantitative estimate of drug-likeness (QED) is 0.381. The van der Waals surface area contributed by atoms with E-state index in [0.717, 1.165) is 47.6 Å². The topological polar surface area (TPSA) is 83.8 Å². The Kier molecular flexibility index (Phi) is 4.84. The summed E-state index contributed by atoms with van der Waals surface area (Å²) in [7, 11) is 0. The molecule has 6 rings (SSSR count). The predicted molar refractivity (Wildman–Crippen MR) is 119 cm³/mol. The number of halogens is 1. The molecule has 1 saturated carbocycles. The summed E-state index contributed by atoms with van der Waals surface area (Å²) in [4.78, 5) is 9.24. The minimum atomic E-state index is 0.297. The molecule has 0 N–H and O–H groups in total. The fourth-order valence-corrected chi connectivity index (χ4v) is 4.83. The summed E-state index contributed by atoms with van der Waals surface area (Å²) in [5.74, 6) is 0.958. The minimum Gasteiger partial charge on any atom is -0.368 e. The van der Waals surface area contributed by atoms with Crippen LogP contribution < -0.4 is 0 Å². The lowest BCUT2D eigenvalue weighted by Crippen LogP contribution is -2.07. The number of aryl methyl sites for hydroxylation is 1. The molecule has 3 aromatic heterocycles. The van der Waals surface area contributed by atoms with Crippen molar-refractivity contribution < 1.29 is 9.26 Å². The largest absolute Gasteiger partial charge is 0.368 e. The van der Waals surface area contributed by atoms with Crippen molar-refractivity contribution >= 4 is 11.6 Å². The maximum atomic E-state index is 6.34. The van der Waals surface area contributed by atoms with Crippen LogP contribution in [0.15, 0.2) is 35.2 Å². The van der Waals surface area contributed by atoms with Crippen molar-refractivity contribution in [1.29, 1.82) is 0 Å². The molecule has 0 radical (unpaired) electrons. The Balaban J connectivity index is 1.39. The standard InChI is InChI=1S/C23H23ClN6O2/c1-2-29-11-14-9-19-22(23-26-20(32-28-23)12-31-16-5-3-4-6-16)25-13-30(19)18-8-7-15(24)10-17(18)21(14)27-29/h7-8,10-11,13,16H,2-6,9,12H2,1H3. The van der Waals surface area contributed by atoms with Gasteiger partial charge in [0.2, 0.25) is 5.82 Å². The number of nitrogens with zero attached hydrogens (tertiary/aromatic N) is 6. The van der Waals surface area contributed by atoms with E-state index in [1.165, 1.54) is 12.8 Å². The highest BCUT2D eigenvalue weighted by Crippen LogP contribution is 2.38. The van der Waals surface area contributed by atoms with Crippen LogP contribution in [0.3, 0.4) is 0 Å². The van der Waals surface area contributed by atoms with E-state index in [1.54, 1.807) is 0 Å². The molecule has 32 heavy (non-hydrogen) atoms. The molecule has 8 nitrogen and oxygen atoms in total. The molecule has 1 aliphatic carbocycles. The Morgan fingerprint density at radius 2 is 2.09 bits per heavy atom. The van der Waals surface area contributed by atoms with Crippen LogP contribution in [-0.2, 0) is 24.3 Å². The van der Waals surface area contributed by atoms with E-state index in [2.05, 4.69) is 32.8 Å².